The molecule has 1 saturated heterocycles. The molecule has 4 nitrogen and oxygen atoms in total. The number of nitrogens with one attached hydrogen (secondary N) is 1. The summed E-state index contributed by atoms with van der Waals surface area (Å²) in [5.74, 6) is 0.469. The molecule has 0 radical (unpaired) electrons. The van der Waals surface area contributed by atoms with Crippen LogP contribution >= 0.6 is 0 Å². The van der Waals surface area contributed by atoms with Crippen LogP contribution in [0.15, 0.2) is 17.6 Å². The van der Waals surface area contributed by atoms with E-state index < -0.39 is 16.6 Å². The molecule has 0 saturated carbocycles. The molecule has 2 heterocycles. The largest absolute Gasteiger partial charge is 0.316 e. The van der Waals surface area contributed by atoms with Gasteiger partial charge in [0.2, 0.25) is 5.16 Å². The quantitative estimate of drug-likeness (QED) is 0.759. The van der Waals surface area contributed by atoms with E-state index in [2.05, 4.69) is 15.3 Å². The van der Waals surface area contributed by atoms with Crippen molar-refractivity contribution in [1.82, 2.24) is 15.3 Å². The predicted octanol–water partition coefficient (Wildman–Crippen LogP) is 0.333. The second-order valence-corrected chi connectivity index (χ2v) is 4.94. The molecule has 2 rings (SSSR count). The van der Waals surface area contributed by atoms with E-state index in [1.165, 1.54) is 0 Å². The van der Waals surface area contributed by atoms with Crippen LogP contribution in [0.1, 0.15) is 6.42 Å². The van der Waals surface area contributed by atoms with Crippen molar-refractivity contribution in [1.29, 1.82) is 0 Å². The average Bonchev–Trinajstić information content (AvgIpc) is 2.71. The number of hydrogen-bond acceptors (Lipinski definition) is 4. The van der Waals surface area contributed by atoms with E-state index >= 15 is 0 Å². The zero-order valence-electron chi connectivity index (χ0n) is 8.15. The SMILES string of the molecule is O=[S@@](C[C@@H]1CCNC1)c1ncc(F)cn1. The van der Waals surface area contributed by atoms with Gasteiger partial charge < -0.3 is 5.32 Å². The average molecular weight is 229 g/mol. The van der Waals surface area contributed by atoms with E-state index in [1.807, 2.05) is 0 Å². The van der Waals surface area contributed by atoms with Gasteiger partial charge in [-0.1, -0.05) is 0 Å². The molecule has 1 aromatic rings. The molecule has 0 amide bonds. The monoisotopic (exact) mass is 229 g/mol. The lowest BCUT2D eigenvalue weighted by atomic mass is 10.2. The first-order valence-corrected chi connectivity index (χ1v) is 6.14. The van der Waals surface area contributed by atoms with Crippen LogP contribution in [-0.4, -0.2) is 33.0 Å². The first kappa shape index (κ1) is 10.6. The minimum Gasteiger partial charge on any atom is -0.316 e. The molecule has 0 aliphatic carbocycles. The van der Waals surface area contributed by atoms with Gasteiger partial charge in [0.05, 0.1) is 23.2 Å². The highest BCUT2D eigenvalue weighted by atomic mass is 32.2. The van der Waals surface area contributed by atoms with Gasteiger partial charge in [0.15, 0.2) is 5.82 Å². The van der Waals surface area contributed by atoms with Gasteiger partial charge in [0.1, 0.15) is 0 Å². The highest BCUT2D eigenvalue weighted by Gasteiger charge is 2.19. The summed E-state index contributed by atoms with van der Waals surface area (Å²) >= 11 is 0. The van der Waals surface area contributed by atoms with Gasteiger partial charge in [0.25, 0.3) is 0 Å². The van der Waals surface area contributed by atoms with Crippen LogP contribution in [0.3, 0.4) is 0 Å². The van der Waals surface area contributed by atoms with E-state index in [0.717, 1.165) is 31.9 Å². The third-order valence-corrected chi connectivity index (χ3v) is 3.74. The van der Waals surface area contributed by atoms with Gasteiger partial charge in [-0.05, 0) is 25.4 Å². The van der Waals surface area contributed by atoms with Gasteiger partial charge >= 0.3 is 0 Å². The van der Waals surface area contributed by atoms with E-state index in [9.17, 15) is 8.60 Å². The molecule has 1 aromatic heterocycles. The van der Waals surface area contributed by atoms with Crippen molar-refractivity contribution in [3.8, 4) is 0 Å². The summed E-state index contributed by atoms with van der Waals surface area (Å²) in [6, 6.07) is 0. The summed E-state index contributed by atoms with van der Waals surface area (Å²) < 4.78 is 24.3. The Balaban J connectivity index is 1.98. The topological polar surface area (TPSA) is 54.9 Å². The maximum atomic E-state index is 12.5. The Morgan fingerprint density at radius 2 is 2.27 bits per heavy atom. The predicted molar refractivity (Wildman–Crippen MR) is 54.2 cm³/mol. The number of aromatic nitrogens is 2. The van der Waals surface area contributed by atoms with E-state index in [-0.39, 0.29) is 5.16 Å². The van der Waals surface area contributed by atoms with Crippen LogP contribution in [-0.2, 0) is 10.8 Å². The van der Waals surface area contributed by atoms with Gasteiger partial charge in [0, 0.05) is 5.75 Å². The molecule has 1 fully saturated rings. The first-order valence-electron chi connectivity index (χ1n) is 4.82. The number of nitrogens with zero attached hydrogens (tertiary/aromatic N) is 2. The highest BCUT2D eigenvalue weighted by Crippen LogP contribution is 2.11. The molecule has 0 bridgehead atoms. The van der Waals surface area contributed by atoms with Crippen LogP contribution in [0.25, 0.3) is 0 Å². The summed E-state index contributed by atoms with van der Waals surface area (Å²) in [5, 5.41) is 3.43. The summed E-state index contributed by atoms with van der Waals surface area (Å²) in [6.45, 7) is 1.87. The summed E-state index contributed by atoms with van der Waals surface area (Å²) in [5.41, 5.74) is 0. The Bertz CT molecular complexity index is 351. The molecular weight excluding hydrogens is 217 g/mol. The Morgan fingerprint density at radius 1 is 1.53 bits per heavy atom. The van der Waals surface area contributed by atoms with Gasteiger partial charge in [-0.3, -0.25) is 4.21 Å². The van der Waals surface area contributed by atoms with Crippen LogP contribution in [0.5, 0.6) is 0 Å². The maximum Gasteiger partial charge on any atom is 0.218 e. The molecule has 0 unspecified atom stereocenters. The summed E-state index contributed by atoms with van der Waals surface area (Å²) in [7, 11) is -1.21. The van der Waals surface area contributed by atoms with Crippen molar-refractivity contribution in [2.75, 3.05) is 18.8 Å². The van der Waals surface area contributed by atoms with Gasteiger partial charge in [-0.25, -0.2) is 14.4 Å². The van der Waals surface area contributed by atoms with E-state index in [0.29, 0.717) is 11.7 Å². The van der Waals surface area contributed by atoms with E-state index in [4.69, 9.17) is 0 Å². The molecule has 15 heavy (non-hydrogen) atoms. The molecule has 1 aliphatic rings. The molecule has 0 spiro atoms. The minimum atomic E-state index is -1.21. The van der Waals surface area contributed by atoms with Crippen LogP contribution in [0.2, 0.25) is 0 Å². The van der Waals surface area contributed by atoms with Gasteiger partial charge in [-0.2, -0.15) is 0 Å². The Morgan fingerprint density at radius 3 is 2.87 bits per heavy atom. The normalized spacial score (nSPS) is 22.9. The zero-order chi connectivity index (χ0) is 10.7. The Labute approximate surface area is 89.8 Å². The van der Waals surface area contributed by atoms with Crippen LogP contribution < -0.4 is 5.32 Å². The molecule has 1 aliphatic heterocycles. The van der Waals surface area contributed by atoms with Crippen LogP contribution in [0, 0.1) is 11.7 Å². The third-order valence-electron chi connectivity index (χ3n) is 2.35. The third kappa shape index (κ3) is 2.79. The lowest BCUT2D eigenvalue weighted by Gasteiger charge is -2.06. The molecular formula is C9H12FN3OS. The van der Waals surface area contributed by atoms with Crippen LogP contribution in [0.4, 0.5) is 4.39 Å². The Hall–Kier alpha value is -0.880. The fraction of sp³-hybridized carbons (Fsp3) is 0.556. The molecule has 0 aromatic carbocycles. The Kier molecular flexibility index (Phi) is 3.37. The fourth-order valence-corrected chi connectivity index (χ4v) is 2.77. The smallest absolute Gasteiger partial charge is 0.218 e. The van der Waals surface area contributed by atoms with Crippen molar-refractivity contribution < 1.29 is 8.60 Å². The second-order valence-electron chi connectivity index (χ2n) is 3.55. The lowest BCUT2D eigenvalue weighted by Crippen LogP contribution is -2.16. The molecule has 1 N–H and O–H groups in total. The molecule has 6 heteroatoms. The number of halogens is 1. The van der Waals surface area contributed by atoms with Crippen molar-refractivity contribution in [2.45, 2.75) is 11.6 Å². The van der Waals surface area contributed by atoms with E-state index in [1.54, 1.807) is 0 Å². The first-order chi connectivity index (χ1) is 7.25. The van der Waals surface area contributed by atoms with Crippen molar-refractivity contribution in [3.05, 3.63) is 18.2 Å². The zero-order valence-corrected chi connectivity index (χ0v) is 8.97. The minimum absolute atomic E-state index is 0.225. The fourth-order valence-electron chi connectivity index (χ4n) is 1.56. The molecule has 2 atom stereocenters. The molecule has 82 valence electrons. The number of rotatable bonds is 3. The van der Waals surface area contributed by atoms with Crippen molar-refractivity contribution in [3.63, 3.8) is 0 Å². The second kappa shape index (κ2) is 4.76. The maximum absolute atomic E-state index is 12.5. The van der Waals surface area contributed by atoms with Crippen molar-refractivity contribution >= 4 is 10.8 Å². The highest BCUT2D eigenvalue weighted by molar-refractivity contribution is 7.84. The van der Waals surface area contributed by atoms with Gasteiger partial charge in [-0.15, -0.1) is 0 Å². The summed E-state index contributed by atoms with van der Waals surface area (Å²) in [6.07, 6.45) is 3.13. The lowest BCUT2D eigenvalue weighted by molar-refractivity contribution is 0.599. The summed E-state index contributed by atoms with van der Waals surface area (Å²) in [4.78, 5) is 7.43. The number of hydrogen-bond donors (Lipinski definition) is 1. The van der Waals surface area contributed by atoms with Crippen molar-refractivity contribution in [2.24, 2.45) is 5.92 Å². The standard InChI is InChI=1S/C9H12FN3OS/c10-8-4-12-9(13-5-8)15(14)6-7-1-2-11-3-7/h4-5,7,11H,1-3,6H2/t7-,15+/m1/s1.